The van der Waals surface area contributed by atoms with Crippen molar-refractivity contribution < 1.29 is 13.0 Å². The van der Waals surface area contributed by atoms with Gasteiger partial charge in [-0.25, -0.2) is 4.98 Å². The minimum absolute atomic E-state index is 0.263. The Kier molecular flexibility index (Phi) is 2.25. The largest absolute Gasteiger partial charge is 0.348 e. The molecule has 5 nitrogen and oxygen atoms in total. The third-order valence-electron chi connectivity index (χ3n) is 1.18. The van der Waals surface area contributed by atoms with Crippen molar-refractivity contribution in [3.63, 3.8) is 0 Å². The van der Waals surface area contributed by atoms with Crippen LogP contribution in [-0.4, -0.2) is 28.7 Å². The van der Waals surface area contributed by atoms with E-state index in [0.717, 1.165) is 0 Å². The first-order valence-corrected chi connectivity index (χ1v) is 4.61. The molecule has 0 bridgehead atoms. The highest BCUT2D eigenvalue weighted by Gasteiger charge is 2.04. The van der Waals surface area contributed by atoms with Gasteiger partial charge in [-0.05, 0) is 0 Å². The molecule has 1 aromatic rings. The summed E-state index contributed by atoms with van der Waals surface area (Å²) in [6.45, 7) is 0. The van der Waals surface area contributed by atoms with E-state index in [0.29, 0.717) is 5.69 Å². The maximum Gasteiger partial charge on any atom is 0.265 e. The molecule has 0 fully saturated rings. The number of imidazole rings is 1. The Balaban J connectivity index is 2.48. The van der Waals surface area contributed by atoms with E-state index in [9.17, 15) is 8.42 Å². The van der Waals surface area contributed by atoms with Gasteiger partial charge in [-0.15, -0.1) is 0 Å². The van der Waals surface area contributed by atoms with Gasteiger partial charge in [0.15, 0.2) is 0 Å². The second-order valence-corrected chi connectivity index (χ2v) is 3.68. The van der Waals surface area contributed by atoms with E-state index in [1.165, 1.54) is 12.5 Å². The number of nitrogens with zero attached hydrogens (tertiary/aromatic N) is 1. The van der Waals surface area contributed by atoms with Gasteiger partial charge in [-0.1, -0.05) is 0 Å². The van der Waals surface area contributed by atoms with Crippen LogP contribution in [0, 0.1) is 0 Å². The van der Waals surface area contributed by atoms with Crippen LogP contribution in [0.25, 0.3) is 0 Å². The zero-order chi connectivity index (χ0) is 8.32. The van der Waals surface area contributed by atoms with Gasteiger partial charge in [0.1, 0.15) is 0 Å². The second kappa shape index (κ2) is 3.02. The smallest absolute Gasteiger partial charge is 0.265 e. The van der Waals surface area contributed by atoms with Gasteiger partial charge in [-0.2, -0.15) is 8.42 Å². The van der Waals surface area contributed by atoms with Crippen LogP contribution in [0.1, 0.15) is 5.69 Å². The lowest BCUT2D eigenvalue weighted by Gasteiger charge is -1.92. The molecule has 62 valence electrons. The molecule has 0 aliphatic carbocycles. The summed E-state index contributed by atoms with van der Waals surface area (Å²) in [7, 11) is -3.85. The van der Waals surface area contributed by atoms with Crippen molar-refractivity contribution in [1.82, 2.24) is 9.97 Å². The molecule has 0 spiro atoms. The Labute approximate surface area is 64.2 Å². The van der Waals surface area contributed by atoms with Crippen molar-refractivity contribution in [2.45, 2.75) is 6.42 Å². The number of aromatic amines is 1. The van der Waals surface area contributed by atoms with Gasteiger partial charge in [0, 0.05) is 18.3 Å². The summed E-state index contributed by atoms with van der Waals surface area (Å²) in [6, 6.07) is 0. The summed E-state index contributed by atoms with van der Waals surface area (Å²) in [6.07, 6.45) is 3.24. The molecular formula is C5H8N2O3S. The molecule has 1 heterocycles. The summed E-state index contributed by atoms with van der Waals surface area (Å²) < 4.78 is 28.8. The number of H-pyrrole nitrogens is 1. The van der Waals surface area contributed by atoms with E-state index in [4.69, 9.17) is 4.55 Å². The highest BCUT2D eigenvalue weighted by molar-refractivity contribution is 7.85. The van der Waals surface area contributed by atoms with Crippen LogP contribution in [0.3, 0.4) is 0 Å². The van der Waals surface area contributed by atoms with Gasteiger partial charge < -0.3 is 4.98 Å². The van der Waals surface area contributed by atoms with E-state index in [-0.39, 0.29) is 12.2 Å². The summed E-state index contributed by atoms with van der Waals surface area (Å²) >= 11 is 0. The number of hydrogen-bond donors (Lipinski definition) is 2. The van der Waals surface area contributed by atoms with E-state index in [2.05, 4.69) is 9.97 Å². The Morgan fingerprint density at radius 2 is 2.36 bits per heavy atom. The fourth-order valence-electron chi connectivity index (χ4n) is 0.660. The quantitative estimate of drug-likeness (QED) is 0.627. The maximum absolute atomic E-state index is 10.2. The zero-order valence-corrected chi connectivity index (χ0v) is 6.50. The first kappa shape index (κ1) is 8.22. The standard InChI is InChI=1S/C5H8N2O3S/c8-11(9,10)2-1-5-3-6-4-7-5/h3-4H,1-2H2,(H,6,7)(H,8,9,10). The van der Waals surface area contributed by atoms with E-state index in [1.807, 2.05) is 0 Å². The van der Waals surface area contributed by atoms with Crippen molar-refractivity contribution in [1.29, 1.82) is 0 Å². The Bertz CT molecular complexity index is 302. The molecular weight excluding hydrogens is 168 g/mol. The van der Waals surface area contributed by atoms with Gasteiger partial charge in [-0.3, -0.25) is 4.55 Å². The van der Waals surface area contributed by atoms with Crippen LogP contribution in [0.4, 0.5) is 0 Å². The summed E-state index contributed by atoms with van der Waals surface area (Å²) in [5, 5.41) is 0. The zero-order valence-electron chi connectivity index (χ0n) is 5.69. The van der Waals surface area contributed by atoms with Crippen LogP contribution >= 0.6 is 0 Å². The predicted octanol–water partition coefficient (Wildman–Crippen LogP) is -0.160. The SMILES string of the molecule is O=S(=O)(O)CCc1cnc[nH]1. The molecule has 0 atom stereocenters. The summed E-state index contributed by atoms with van der Waals surface area (Å²) in [4.78, 5) is 6.41. The topological polar surface area (TPSA) is 83.1 Å². The third kappa shape index (κ3) is 3.15. The number of rotatable bonds is 3. The molecule has 0 unspecified atom stereocenters. The molecule has 1 rings (SSSR count). The van der Waals surface area contributed by atoms with Crippen molar-refractivity contribution >= 4 is 10.1 Å². The first-order valence-electron chi connectivity index (χ1n) is 3.00. The van der Waals surface area contributed by atoms with Crippen molar-refractivity contribution in [3.05, 3.63) is 18.2 Å². The number of aryl methyl sites for hydroxylation is 1. The minimum Gasteiger partial charge on any atom is -0.348 e. The molecule has 6 heteroatoms. The highest BCUT2D eigenvalue weighted by Crippen LogP contribution is 1.94. The molecule has 11 heavy (non-hydrogen) atoms. The van der Waals surface area contributed by atoms with Crippen LogP contribution in [0.15, 0.2) is 12.5 Å². The van der Waals surface area contributed by atoms with Crippen molar-refractivity contribution in [2.75, 3.05) is 5.75 Å². The van der Waals surface area contributed by atoms with Crippen molar-refractivity contribution in [2.24, 2.45) is 0 Å². The fraction of sp³-hybridized carbons (Fsp3) is 0.400. The van der Waals surface area contributed by atoms with E-state index in [1.54, 1.807) is 0 Å². The van der Waals surface area contributed by atoms with Gasteiger partial charge in [0.2, 0.25) is 0 Å². The van der Waals surface area contributed by atoms with Gasteiger partial charge in [0.25, 0.3) is 10.1 Å². The molecule has 1 aromatic heterocycles. The van der Waals surface area contributed by atoms with Crippen LogP contribution in [-0.2, 0) is 16.5 Å². The molecule has 0 saturated heterocycles. The average Bonchev–Trinajstić information content (AvgIpc) is 2.32. The van der Waals surface area contributed by atoms with Crippen LogP contribution in [0.2, 0.25) is 0 Å². The second-order valence-electron chi connectivity index (χ2n) is 2.11. The predicted molar refractivity (Wildman–Crippen MR) is 38.7 cm³/mol. The third-order valence-corrected chi connectivity index (χ3v) is 1.90. The summed E-state index contributed by atoms with van der Waals surface area (Å²) in [5.74, 6) is -0.269. The Hall–Kier alpha value is -0.880. The minimum atomic E-state index is -3.85. The molecule has 0 aromatic carbocycles. The first-order chi connectivity index (χ1) is 5.08. The summed E-state index contributed by atoms with van der Waals surface area (Å²) in [5.41, 5.74) is 0.697. The lowest BCUT2D eigenvalue weighted by atomic mass is 10.4. The molecule has 2 N–H and O–H groups in total. The fourth-order valence-corrected chi connectivity index (χ4v) is 1.14. The van der Waals surface area contributed by atoms with Gasteiger partial charge in [0.05, 0.1) is 12.1 Å². The number of nitrogens with one attached hydrogen (secondary N) is 1. The monoisotopic (exact) mass is 176 g/mol. The van der Waals surface area contributed by atoms with E-state index < -0.39 is 10.1 Å². The van der Waals surface area contributed by atoms with E-state index >= 15 is 0 Å². The molecule has 0 radical (unpaired) electrons. The van der Waals surface area contributed by atoms with Crippen LogP contribution < -0.4 is 0 Å². The van der Waals surface area contributed by atoms with Crippen molar-refractivity contribution in [3.8, 4) is 0 Å². The maximum atomic E-state index is 10.2. The lowest BCUT2D eigenvalue weighted by molar-refractivity contribution is 0.482. The lowest BCUT2D eigenvalue weighted by Crippen LogP contribution is -2.06. The molecule has 0 amide bonds. The molecule has 0 aliphatic rings. The van der Waals surface area contributed by atoms with Gasteiger partial charge >= 0.3 is 0 Å². The molecule has 0 aliphatic heterocycles. The highest BCUT2D eigenvalue weighted by atomic mass is 32.2. The number of aromatic nitrogens is 2. The number of hydrogen-bond acceptors (Lipinski definition) is 3. The van der Waals surface area contributed by atoms with Crippen LogP contribution in [0.5, 0.6) is 0 Å². The Morgan fingerprint density at radius 1 is 1.64 bits per heavy atom. The molecule has 0 saturated carbocycles. The normalized spacial score (nSPS) is 11.7. The Morgan fingerprint density at radius 3 is 2.82 bits per heavy atom. The average molecular weight is 176 g/mol.